The summed E-state index contributed by atoms with van der Waals surface area (Å²) in [5.41, 5.74) is 0.810. The summed E-state index contributed by atoms with van der Waals surface area (Å²) in [4.78, 5) is 12.5. The van der Waals surface area contributed by atoms with Gasteiger partial charge >= 0.3 is 0 Å². The van der Waals surface area contributed by atoms with Crippen molar-refractivity contribution in [1.29, 1.82) is 0 Å². The Bertz CT molecular complexity index is 1100. The molecule has 4 rings (SSSR count). The first kappa shape index (κ1) is 18.3. The second kappa shape index (κ2) is 7.90. The molecule has 0 fully saturated rings. The highest BCUT2D eigenvalue weighted by atomic mass is 32.2. The van der Waals surface area contributed by atoms with E-state index in [0.717, 1.165) is 16.5 Å². The molecule has 0 saturated heterocycles. The van der Waals surface area contributed by atoms with Gasteiger partial charge in [0.2, 0.25) is 11.7 Å². The van der Waals surface area contributed by atoms with Crippen molar-refractivity contribution < 1.29 is 9.21 Å². The van der Waals surface area contributed by atoms with Gasteiger partial charge in [-0.3, -0.25) is 9.36 Å². The number of hydrogen-bond donors (Lipinski definition) is 1. The first-order valence-electron chi connectivity index (χ1n) is 9.02. The van der Waals surface area contributed by atoms with E-state index in [1.54, 1.807) is 6.26 Å². The Labute approximate surface area is 167 Å². The van der Waals surface area contributed by atoms with Crippen LogP contribution in [0.4, 0.5) is 5.69 Å². The fourth-order valence-corrected chi connectivity index (χ4v) is 3.93. The number of anilines is 1. The molecular formula is C21H20N4O2S. The smallest absolute Gasteiger partial charge is 0.234 e. The molecule has 6 nitrogen and oxygen atoms in total. The third-order valence-corrected chi connectivity index (χ3v) is 5.26. The van der Waals surface area contributed by atoms with E-state index in [1.807, 2.05) is 59.2 Å². The van der Waals surface area contributed by atoms with E-state index in [4.69, 9.17) is 4.42 Å². The van der Waals surface area contributed by atoms with Crippen LogP contribution in [0.3, 0.4) is 0 Å². The third kappa shape index (κ3) is 3.66. The maximum atomic E-state index is 12.5. The van der Waals surface area contributed by atoms with Crippen LogP contribution in [-0.2, 0) is 4.79 Å². The molecule has 7 heteroatoms. The molecule has 0 unspecified atom stereocenters. The number of nitrogens with zero attached hydrogens (tertiary/aromatic N) is 3. The van der Waals surface area contributed by atoms with Crippen molar-refractivity contribution >= 4 is 34.1 Å². The fraction of sp³-hybridized carbons (Fsp3) is 0.190. The summed E-state index contributed by atoms with van der Waals surface area (Å²) in [6.45, 7) is 4.10. The van der Waals surface area contributed by atoms with Crippen molar-refractivity contribution in [2.75, 3.05) is 11.1 Å². The molecule has 0 bridgehead atoms. The average molecular weight is 392 g/mol. The number of aromatic nitrogens is 3. The Morgan fingerprint density at radius 1 is 1.11 bits per heavy atom. The predicted octanol–water partition coefficient (Wildman–Crippen LogP) is 5.00. The van der Waals surface area contributed by atoms with E-state index in [2.05, 4.69) is 29.4 Å². The highest BCUT2D eigenvalue weighted by molar-refractivity contribution is 7.99. The molecule has 0 aliphatic heterocycles. The summed E-state index contributed by atoms with van der Waals surface area (Å²) in [6, 6.07) is 17.7. The molecular weight excluding hydrogens is 372 g/mol. The average Bonchev–Trinajstić information content (AvgIpc) is 3.36. The lowest BCUT2D eigenvalue weighted by Crippen LogP contribution is -2.15. The molecule has 2 aromatic heterocycles. The fourth-order valence-electron chi connectivity index (χ4n) is 3.07. The number of fused-ring (bicyclic) bond motifs is 1. The lowest BCUT2D eigenvalue weighted by atomic mass is 10.1. The minimum atomic E-state index is -0.0841. The Morgan fingerprint density at radius 3 is 2.71 bits per heavy atom. The monoisotopic (exact) mass is 392 g/mol. The van der Waals surface area contributed by atoms with E-state index in [9.17, 15) is 4.79 Å². The van der Waals surface area contributed by atoms with Gasteiger partial charge in [-0.2, -0.15) is 0 Å². The zero-order valence-electron chi connectivity index (χ0n) is 15.6. The van der Waals surface area contributed by atoms with Gasteiger partial charge in [-0.15, -0.1) is 10.2 Å². The number of thioether (sulfide) groups is 1. The summed E-state index contributed by atoms with van der Waals surface area (Å²) in [5, 5.41) is 14.3. The van der Waals surface area contributed by atoms with Crippen molar-refractivity contribution in [3.05, 3.63) is 60.9 Å². The number of benzene rings is 2. The van der Waals surface area contributed by atoms with Crippen molar-refractivity contribution in [3.63, 3.8) is 0 Å². The van der Waals surface area contributed by atoms with Crippen LogP contribution in [0.15, 0.2) is 70.4 Å². The largest absolute Gasteiger partial charge is 0.461 e. The van der Waals surface area contributed by atoms with Crippen LogP contribution in [0.2, 0.25) is 0 Å². The molecule has 0 aliphatic carbocycles. The Morgan fingerprint density at radius 2 is 1.93 bits per heavy atom. The molecule has 28 heavy (non-hydrogen) atoms. The van der Waals surface area contributed by atoms with E-state index in [1.165, 1.54) is 11.8 Å². The lowest BCUT2D eigenvalue weighted by Gasteiger charge is -2.13. The summed E-state index contributed by atoms with van der Waals surface area (Å²) in [6.07, 6.45) is 1.61. The van der Waals surface area contributed by atoms with Crippen LogP contribution < -0.4 is 5.32 Å². The van der Waals surface area contributed by atoms with Gasteiger partial charge in [-0.25, -0.2) is 0 Å². The summed E-state index contributed by atoms with van der Waals surface area (Å²) in [5.74, 6) is 1.48. The quantitative estimate of drug-likeness (QED) is 0.467. The first-order chi connectivity index (χ1) is 13.6. The standard InChI is InChI=1S/C21H20N4O2S/c1-14(2)25-20(18-11-6-12-27-18)23-24-21(25)28-13-19(26)22-17-10-5-8-15-7-3-4-9-16(15)17/h3-12,14H,13H2,1-2H3,(H,22,26). The second-order valence-corrected chi connectivity index (χ2v) is 7.55. The van der Waals surface area contributed by atoms with Gasteiger partial charge in [0.05, 0.1) is 12.0 Å². The Balaban J connectivity index is 1.49. The SMILES string of the molecule is CC(C)n1c(SCC(=O)Nc2cccc3ccccc23)nnc1-c1ccco1. The summed E-state index contributed by atoms with van der Waals surface area (Å²) >= 11 is 1.36. The molecule has 4 aromatic rings. The number of carbonyl (C=O) groups excluding carboxylic acids is 1. The predicted molar refractivity (Wildman–Crippen MR) is 111 cm³/mol. The number of furan rings is 1. The van der Waals surface area contributed by atoms with Crippen molar-refractivity contribution in [2.45, 2.75) is 25.0 Å². The van der Waals surface area contributed by atoms with E-state index in [0.29, 0.717) is 16.7 Å². The molecule has 0 spiro atoms. The van der Waals surface area contributed by atoms with Crippen LogP contribution in [0.5, 0.6) is 0 Å². The third-order valence-electron chi connectivity index (χ3n) is 4.32. The van der Waals surface area contributed by atoms with Gasteiger partial charge in [0, 0.05) is 17.1 Å². The molecule has 1 amide bonds. The van der Waals surface area contributed by atoms with Crippen molar-refractivity contribution in [3.8, 4) is 11.6 Å². The maximum absolute atomic E-state index is 12.5. The topological polar surface area (TPSA) is 73.0 Å². The van der Waals surface area contributed by atoms with Crippen LogP contribution in [-0.4, -0.2) is 26.4 Å². The zero-order chi connectivity index (χ0) is 19.5. The minimum Gasteiger partial charge on any atom is -0.461 e. The molecule has 2 aromatic carbocycles. The van der Waals surface area contributed by atoms with Crippen molar-refractivity contribution in [2.24, 2.45) is 0 Å². The number of nitrogens with one attached hydrogen (secondary N) is 1. The van der Waals surface area contributed by atoms with Crippen LogP contribution >= 0.6 is 11.8 Å². The summed E-state index contributed by atoms with van der Waals surface area (Å²) in [7, 11) is 0. The Kier molecular flexibility index (Phi) is 5.16. The number of amides is 1. The van der Waals surface area contributed by atoms with Crippen LogP contribution in [0, 0.1) is 0 Å². The first-order valence-corrected chi connectivity index (χ1v) is 10.0. The highest BCUT2D eigenvalue weighted by Gasteiger charge is 2.19. The van der Waals surface area contributed by atoms with Crippen LogP contribution in [0.25, 0.3) is 22.4 Å². The minimum absolute atomic E-state index is 0.0841. The molecule has 1 N–H and O–H groups in total. The number of hydrogen-bond acceptors (Lipinski definition) is 5. The number of rotatable bonds is 6. The van der Waals surface area contributed by atoms with Gasteiger partial charge in [0.15, 0.2) is 10.9 Å². The molecule has 142 valence electrons. The van der Waals surface area contributed by atoms with Crippen molar-refractivity contribution in [1.82, 2.24) is 14.8 Å². The van der Waals surface area contributed by atoms with Gasteiger partial charge < -0.3 is 9.73 Å². The molecule has 2 heterocycles. The molecule has 0 saturated carbocycles. The van der Waals surface area contributed by atoms with E-state index < -0.39 is 0 Å². The lowest BCUT2D eigenvalue weighted by molar-refractivity contribution is -0.113. The highest BCUT2D eigenvalue weighted by Crippen LogP contribution is 2.28. The zero-order valence-corrected chi connectivity index (χ0v) is 16.4. The van der Waals surface area contributed by atoms with Gasteiger partial charge in [0.1, 0.15) is 0 Å². The van der Waals surface area contributed by atoms with Gasteiger partial charge in [-0.05, 0) is 37.4 Å². The Hall–Kier alpha value is -3.06. The maximum Gasteiger partial charge on any atom is 0.234 e. The van der Waals surface area contributed by atoms with E-state index in [-0.39, 0.29) is 17.7 Å². The summed E-state index contributed by atoms with van der Waals surface area (Å²) < 4.78 is 7.44. The van der Waals surface area contributed by atoms with E-state index >= 15 is 0 Å². The normalized spacial score (nSPS) is 11.2. The molecule has 0 radical (unpaired) electrons. The molecule has 0 aliphatic rings. The van der Waals surface area contributed by atoms with Gasteiger partial charge in [0.25, 0.3) is 0 Å². The van der Waals surface area contributed by atoms with Gasteiger partial charge in [-0.1, -0.05) is 48.2 Å². The molecule has 0 atom stereocenters. The second-order valence-electron chi connectivity index (χ2n) is 6.61. The number of carbonyl (C=O) groups is 1. The van der Waals surface area contributed by atoms with Crippen LogP contribution in [0.1, 0.15) is 19.9 Å².